The highest BCUT2D eigenvalue weighted by Crippen LogP contribution is 2.19. The Morgan fingerprint density at radius 1 is 1.11 bits per heavy atom. The third-order valence-corrected chi connectivity index (χ3v) is 3.17. The van der Waals surface area contributed by atoms with Crippen LogP contribution in [0.1, 0.15) is 18.9 Å². The van der Waals surface area contributed by atoms with Gasteiger partial charge in [0, 0.05) is 19.5 Å². The molecule has 0 amide bonds. The lowest BCUT2D eigenvalue weighted by Crippen LogP contribution is -2.20. The van der Waals surface area contributed by atoms with Crippen LogP contribution in [-0.4, -0.2) is 24.3 Å². The fraction of sp³-hybridized carbons (Fsp3) is 0.312. The van der Waals surface area contributed by atoms with Crippen molar-refractivity contribution < 1.29 is 4.79 Å². The first kappa shape index (κ1) is 12.8. The van der Waals surface area contributed by atoms with Crippen LogP contribution in [0.5, 0.6) is 0 Å². The van der Waals surface area contributed by atoms with Crippen LogP contribution in [0.15, 0.2) is 42.5 Å². The molecule has 0 spiro atoms. The average molecular weight is 241 g/mol. The number of carbonyl (C=O) groups excluding carboxylic acids is 1. The standard InChI is InChI=1S/C16H19NO/c1-13(18)10-11-17(2)12-15-8-5-7-14-6-3-4-9-16(14)15/h3-9H,10-12H2,1-2H3. The van der Waals surface area contributed by atoms with Crippen molar-refractivity contribution in [2.75, 3.05) is 13.6 Å². The van der Waals surface area contributed by atoms with Gasteiger partial charge < -0.3 is 4.90 Å². The molecule has 0 bridgehead atoms. The molecule has 2 aromatic carbocycles. The second kappa shape index (κ2) is 5.78. The molecule has 2 nitrogen and oxygen atoms in total. The maximum absolute atomic E-state index is 11.0. The molecule has 0 aliphatic rings. The van der Waals surface area contributed by atoms with Gasteiger partial charge in [-0.3, -0.25) is 4.79 Å². The van der Waals surface area contributed by atoms with Gasteiger partial charge in [0.1, 0.15) is 5.78 Å². The van der Waals surface area contributed by atoms with Crippen LogP contribution in [0.25, 0.3) is 10.8 Å². The van der Waals surface area contributed by atoms with Crippen molar-refractivity contribution in [3.05, 3.63) is 48.0 Å². The van der Waals surface area contributed by atoms with Gasteiger partial charge in [0.05, 0.1) is 0 Å². The first-order chi connectivity index (χ1) is 8.66. The van der Waals surface area contributed by atoms with E-state index in [1.807, 2.05) is 0 Å². The third-order valence-electron chi connectivity index (χ3n) is 3.17. The molecule has 0 fully saturated rings. The Labute approximate surface area is 108 Å². The lowest BCUT2D eigenvalue weighted by Gasteiger charge is -2.17. The lowest BCUT2D eigenvalue weighted by atomic mass is 10.0. The molecule has 0 atom stereocenters. The van der Waals surface area contributed by atoms with Crippen molar-refractivity contribution in [2.45, 2.75) is 19.9 Å². The Morgan fingerprint density at radius 3 is 2.61 bits per heavy atom. The predicted octanol–water partition coefficient (Wildman–Crippen LogP) is 3.25. The summed E-state index contributed by atoms with van der Waals surface area (Å²) in [6.07, 6.45) is 0.626. The van der Waals surface area contributed by atoms with E-state index in [1.54, 1.807) is 6.92 Å². The molecule has 0 unspecified atom stereocenters. The number of fused-ring (bicyclic) bond motifs is 1. The zero-order valence-corrected chi connectivity index (χ0v) is 11.0. The normalized spacial score (nSPS) is 11.1. The van der Waals surface area contributed by atoms with Crippen LogP contribution in [0.3, 0.4) is 0 Å². The largest absolute Gasteiger partial charge is 0.302 e. The fourth-order valence-corrected chi connectivity index (χ4v) is 2.15. The Kier molecular flexibility index (Phi) is 4.11. The van der Waals surface area contributed by atoms with Gasteiger partial charge in [0.15, 0.2) is 0 Å². The minimum Gasteiger partial charge on any atom is -0.302 e. The molecule has 0 saturated heterocycles. The van der Waals surface area contributed by atoms with Crippen molar-refractivity contribution in [1.29, 1.82) is 0 Å². The van der Waals surface area contributed by atoms with E-state index in [9.17, 15) is 4.79 Å². The van der Waals surface area contributed by atoms with E-state index >= 15 is 0 Å². The Balaban J connectivity index is 2.14. The van der Waals surface area contributed by atoms with Gasteiger partial charge in [0.25, 0.3) is 0 Å². The molecule has 0 saturated carbocycles. The molecule has 0 aromatic heterocycles. The first-order valence-corrected chi connectivity index (χ1v) is 6.31. The average Bonchev–Trinajstić information content (AvgIpc) is 2.37. The van der Waals surface area contributed by atoms with Crippen LogP contribution < -0.4 is 0 Å². The van der Waals surface area contributed by atoms with E-state index in [0.29, 0.717) is 6.42 Å². The highest BCUT2D eigenvalue weighted by Gasteiger charge is 2.05. The smallest absolute Gasteiger partial charge is 0.131 e. The lowest BCUT2D eigenvalue weighted by molar-refractivity contribution is -0.117. The number of ketones is 1. The molecule has 0 aliphatic carbocycles. The van der Waals surface area contributed by atoms with E-state index < -0.39 is 0 Å². The summed E-state index contributed by atoms with van der Waals surface area (Å²) in [6, 6.07) is 14.8. The molecular weight excluding hydrogens is 222 g/mol. The number of hydrogen-bond acceptors (Lipinski definition) is 2. The summed E-state index contributed by atoms with van der Waals surface area (Å²) < 4.78 is 0. The van der Waals surface area contributed by atoms with Crippen LogP contribution in [0, 0.1) is 0 Å². The van der Waals surface area contributed by atoms with E-state index in [0.717, 1.165) is 13.1 Å². The van der Waals surface area contributed by atoms with Gasteiger partial charge in [-0.05, 0) is 30.3 Å². The maximum Gasteiger partial charge on any atom is 0.131 e. The van der Waals surface area contributed by atoms with Gasteiger partial charge >= 0.3 is 0 Å². The zero-order valence-electron chi connectivity index (χ0n) is 11.0. The number of benzene rings is 2. The number of hydrogen-bond donors (Lipinski definition) is 0. The molecule has 0 heterocycles. The summed E-state index contributed by atoms with van der Waals surface area (Å²) in [4.78, 5) is 13.2. The van der Waals surface area contributed by atoms with Gasteiger partial charge in [0.2, 0.25) is 0 Å². The van der Waals surface area contributed by atoms with Gasteiger partial charge in [-0.2, -0.15) is 0 Å². The van der Waals surface area contributed by atoms with Crippen LogP contribution in [-0.2, 0) is 11.3 Å². The number of rotatable bonds is 5. The van der Waals surface area contributed by atoms with Crippen molar-refractivity contribution in [3.8, 4) is 0 Å². The molecule has 0 radical (unpaired) electrons. The quantitative estimate of drug-likeness (QED) is 0.801. The molecule has 94 valence electrons. The number of carbonyl (C=O) groups is 1. The Bertz CT molecular complexity index is 542. The monoisotopic (exact) mass is 241 g/mol. The summed E-state index contributed by atoms with van der Waals surface area (Å²) >= 11 is 0. The van der Waals surface area contributed by atoms with E-state index in [2.05, 4.69) is 54.4 Å². The fourth-order valence-electron chi connectivity index (χ4n) is 2.15. The number of nitrogens with zero attached hydrogens (tertiary/aromatic N) is 1. The summed E-state index contributed by atoms with van der Waals surface area (Å²) in [5.74, 6) is 0.250. The minimum absolute atomic E-state index is 0.250. The van der Waals surface area contributed by atoms with E-state index in [1.165, 1.54) is 16.3 Å². The second-order valence-electron chi connectivity index (χ2n) is 4.83. The summed E-state index contributed by atoms with van der Waals surface area (Å²) in [6.45, 7) is 3.35. The second-order valence-corrected chi connectivity index (χ2v) is 4.83. The summed E-state index contributed by atoms with van der Waals surface area (Å²) in [5, 5.41) is 2.57. The van der Waals surface area contributed by atoms with Crippen molar-refractivity contribution >= 4 is 16.6 Å². The van der Waals surface area contributed by atoms with Crippen molar-refractivity contribution in [2.24, 2.45) is 0 Å². The van der Waals surface area contributed by atoms with Crippen molar-refractivity contribution in [3.63, 3.8) is 0 Å². The minimum atomic E-state index is 0.250. The van der Waals surface area contributed by atoms with Crippen LogP contribution in [0.4, 0.5) is 0 Å². The predicted molar refractivity (Wildman–Crippen MR) is 75.6 cm³/mol. The topological polar surface area (TPSA) is 20.3 Å². The Morgan fingerprint density at radius 2 is 1.83 bits per heavy atom. The van der Waals surface area contributed by atoms with Gasteiger partial charge in [-0.1, -0.05) is 42.5 Å². The maximum atomic E-state index is 11.0. The first-order valence-electron chi connectivity index (χ1n) is 6.31. The van der Waals surface area contributed by atoms with Gasteiger partial charge in [-0.15, -0.1) is 0 Å². The summed E-state index contributed by atoms with van der Waals surface area (Å²) in [5.41, 5.74) is 1.32. The van der Waals surface area contributed by atoms with Gasteiger partial charge in [-0.25, -0.2) is 0 Å². The van der Waals surface area contributed by atoms with E-state index in [-0.39, 0.29) is 5.78 Å². The molecule has 18 heavy (non-hydrogen) atoms. The molecule has 2 heteroatoms. The highest BCUT2D eigenvalue weighted by molar-refractivity contribution is 5.85. The zero-order chi connectivity index (χ0) is 13.0. The highest BCUT2D eigenvalue weighted by atomic mass is 16.1. The molecule has 2 aromatic rings. The van der Waals surface area contributed by atoms with Crippen LogP contribution >= 0.6 is 0 Å². The van der Waals surface area contributed by atoms with Crippen molar-refractivity contribution in [1.82, 2.24) is 4.90 Å². The Hall–Kier alpha value is -1.67. The third kappa shape index (κ3) is 3.17. The van der Waals surface area contributed by atoms with E-state index in [4.69, 9.17) is 0 Å². The molecule has 0 N–H and O–H groups in total. The molecule has 2 rings (SSSR count). The molecule has 0 aliphatic heterocycles. The van der Waals surface area contributed by atoms with Crippen LogP contribution in [0.2, 0.25) is 0 Å². The molecular formula is C16H19NO. The summed E-state index contributed by atoms with van der Waals surface area (Å²) in [7, 11) is 2.06. The SMILES string of the molecule is CC(=O)CCN(C)Cc1cccc2ccccc12. The number of Topliss-reactive ketones (excluding diaryl/α,β-unsaturated/α-hetero) is 1.